The molecule has 2 rings (SSSR count). The molecule has 0 fully saturated rings. The van der Waals surface area contributed by atoms with Crippen molar-refractivity contribution in [3.05, 3.63) is 63.7 Å². The number of halogens is 3. The first-order valence-electron chi connectivity index (χ1n) is 7.23. The summed E-state index contributed by atoms with van der Waals surface area (Å²) in [6.07, 6.45) is -4.79. The molecule has 5 nitrogen and oxygen atoms in total. The van der Waals surface area contributed by atoms with Crippen LogP contribution in [0.4, 0.5) is 18.9 Å². The van der Waals surface area contributed by atoms with Crippen molar-refractivity contribution in [2.75, 3.05) is 7.11 Å². The lowest BCUT2D eigenvalue weighted by Crippen LogP contribution is -2.21. The van der Waals surface area contributed by atoms with Gasteiger partial charge in [0.15, 0.2) is 0 Å². The monoisotopic (exact) mass is 355 g/mol. The van der Waals surface area contributed by atoms with E-state index in [2.05, 4.69) is 4.74 Å². The molecule has 0 saturated heterocycles. The predicted octanol–water partition coefficient (Wildman–Crippen LogP) is 4.83. The standard InChI is InChI=1S/C17H16F3NO4/c1-16(2,11-5-4-6-14(8-11)25-17(18,19)20)12-7-13(21(22)23)10-15(9-12)24-3/h4-10H,1-3H3. The molecular weight excluding hydrogens is 339 g/mol. The van der Waals surface area contributed by atoms with Crippen molar-refractivity contribution in [2.24, 2.45) is 0 Å². The van der Waals surface area contributed by atoms with Gasteiger partial charge in [-0.05, 0) is 29.3 Å². The largest absolute Gasteiger partial charge is 0.573 e. The summed E-state index contributed by atoms with van der Waals surface area (Å²) >= 11 is 0. The van der Waals surface area contributed by atoms with Gasteiger partial charge in [0, 0.05) is 11.5 Å². The van der Waals surface area contributed by atoms with Crippen LogP contribution in [0.2, 0.25) is 0 Å². The number of nitrogens with zero attached hydrogens (tertiary/aromatic N) is 1. The van der Waals surface area contributed by atoms with Crippen LogP contribution in [0.25, 0.3) is 0 Å². The molecule has 0 radical (unpaired) electrons. The van der Waals surface area contributed by atoms with Gasteiger partial charge in [-0.15, -0.1) is 13.2 Å². The molecule has 25 heavy (non-hydrogen) atoms. The Labute approximate surface area is 142 Å². The molecule has 0 heterocycles. The van der Waals surface area contributed by atoms with Gasteiger partial charge >= 0.3 is 6.36 Å². The van der Waals surface area contributed by atoms with E-state index in [1.807, 2.05) is 0 Å². The number of nitro benzene ring substituents is 1. The number of alkyl halides is 3. The summed E-state index contributed by atoms with van der Waals surface area (Å²) in [5.74, 6) is -0.0598. The molecule has 0 amide bonds. The topological polar surface area (TPSA) is 61.6 Å². The van der Waals surface area contributed by atoms with Crippen LogP contribution in [-0.2, 0) is 5.41 Å². The molecule has 0 N–H and O–H groups in total. The van der Waals surface area contributed by atoms with Crippen molar-refractivity contribution >= 4 is 5.69 Å². The number of hydrogen-bond acceptors (Lipinski definition) is 4. The summed E-state index contributed by atoms with van der Waals surface area (Å²) in [6, 6.07) is 9.80. The van der Waals surface area contributed by atoms with E-state index >= 15 is 0 Å². The van der Waals surface area contributed by atoms with Crippen LogP contribution in [0.5, 0.6) is 11.5 Å². The molecule has 0 spiro atoms. The van der Waals surface area contributed by atoms with E-state index in [1.54, 1.807) is 26.0 Å². The number of hydrogen-bond donors (Lipinski definition) is 0. The Bertz CT molecular complexity index is 788. The number of benzene rings is 2. The zero-order valence-corrected chi connectivity index (χ0v) is 13.8. The third-order valence-electron chi connectivity index (χ3n) is 3.85. The van der Waals surface area contributed by atoms with E-state index in [0.717, 1.165) is 0 Å². The van der Waals surface area contributed by atoms with Gasteiger partial charge in [-0.1, -0.05) is 26.0 Å². The molecule has 0 saturated carbocycles. The molecule has 2 aromatic rings. The summed E-state index contributed by atoms with van der Waals surface area (Å²) in [5.41, 5.74) is 0.0641. The average Bonchev–Trinajstić information content (AvgIpc) is 2.53. The van der Waals surface area contributed by atoms with Crippen LogP contribution < -0.4 is 9.47 Å². The highest BCUT2D eigenvalue weighted by Gasteiger charge is 2.32. The Hall–Kier alpha value is -2.77. The minimum absolute atomic E-state index is 0.162. The van der Waals surface area contributed by atoms with Gasteiger partial charge < -0.3 is 9.47 Å². The van der Waals surface area contributed by atoms with Crippen molar-refractivity contribution in [3.63, 3.8) is 0 Å². The van der Waals surface area contributed by atoms with Crippen LogP contribution in [0.15, 0.2) is 42.5 Å². The first-order chi connectivity index (χ1) is 11.5. The fraction of sp³-hybridized carbons (Fsp3) is 0.294. The van der Waals surface area contributed by atoms with Crippen molar-refractivity contribution < 1.29 is 27.6 Å². The Balaban J connectivity index is 2.49. The quantitative estimate of drug-likeness (QED) is 0.569. The molecule has 0 unspecified atom stereocenters. The lowest BCUT2D eigenvalue weighted by Gasteiger charge is -2.27. The minimum Gasteiger partial charge on any atom is -0.496 e. The van der Waals surface area contributed by atoms with Crippen LogP contribution in [-0.4, -0.2) is 18.4 Å². The lowest BCUT2D eigenvalue weighted by molar-refractivity contribution is -0.385. The van der Waals surface area contributed by atoms with Gasteiger partial charge in [0.25, 0.3) is 5.69 Å². The summed E-state index contributed by atoms with van der Waals surface area (Å²) in [6.45, 7) is 3.50. The van der Waals surface area contributed by atoms with E-state index in [1.165, 1.54) is 37.4 Å². The molecule has 2 aromatic carbocycles. The van der Waals surface area contributed by atoms with E-state index in [4.69, 9.17) is 4.74 Å². The predicted molar refractivity (Wildman–Crippen MR) is 84.9 cm³/mol. The fourth-order valence-electron chi connectivity index (χ4n) is 2.42. The van der Waals surface area contributed by atoms with Gasteiger partial charge in [0.2, 0.25) is 0 Å². The maximum absolute atomic E-state index is 12.4. The second kappa shape index (κ2) is 6.62. The number of ether oxygens (including phenoxy) is 2. The minimum atomic E-state index is -4.79. The fourth-order valence-corrected chi connectivity index (χ4v) is 2.42. The van der Waals surface area contributed by atoms with E-state index in [0.29, 0.717) is 16.9 Å². The summed E-state index contributed by atoms with van der Waals surface area (Å²) < 4.78 is 46.3. The lowest BCUT2D eigenvalue weighted by atomic mass is 9.78. The molecule has 0 bridgehead atoms. The molecule has 134 valence electrons. The van der Waals surface area contributed by atoms with Gasteiger partial charge in [0.05, 0.1) is 18.1 Å². The summed E-state index contributed by atoms with van der Waals surface area (Å²) in [5, 5.41) is 11.1. The first kappa shape index (κ1) is 18.6. The van der Waals surface area contributed by atoms with Crippen molar-refractivity contribution in [3.8, 4) is 11.5 Å². The van der Waals surface area contributed by atoms with Crippen LogP contribution in [0, 0.1) is 10.1 Å². The molecule has 0 aliphatic carbocycles. The SMILES string of the molecule is COc1cc([N+](=O)[O-])cc(C(C)(C)c2cccc(OC(F)(F)F)c2)c1. The second-order valence-electron chi connectivity index (χ2n) is 5.88. The number of rotatable bonds is 5. The number of methoxy groups -OCH3 is 1. The van der Waals surface area contributed by atoms with Crippen molar-refractivity contribution in [2.45, 2.75) is 25.6 Å². The zero-order chi connectivity index (χ0) is 18.8. The third-order valence-corrected chi connectivity index (χ3v) is 3.85. The highest BCUT2D eigenvalue weighted by molar-refractivity contribution is 5.49. The van der Waals surface area contributed by atoms with E-state index in [9.17, 15) is 23.3 Å². The van der Waals surface area contributed by atoms with E-state index in [-0.39, 0.29) is 11.4 Å². The summed E-state index contributed by atoms with van der Waals surface area (Å²) in [7, 11) is 1.38. The Morgan fingerprint density at radius 3 is 2.20 bits per heavy atom. The third kappa shape index (κ3) is 4.40. The van der Waals surface area contributed by atoms with Crippen molar-refractivity contribution in [1.29, 1.82) is 0 Å². The summed E-state index contributed by atoms with van der Waals surface area (Å²) in [4.78, 5) is 10.6. The second-order valence-corrected chi connectivity index (χ2v) is 5.88. The van der Waals surface area contributed by atoms with Gasteiger partial charge in [-0.25, -0.2) is 0 Å². The number of nitro groups is 1. The Kier molecular flexibility index (Phi) is 4.92. The molecule has 0 aromatic heterocycles. The maximum atomic E-state index is 12.4. The van der Waals surface area contributed by atoms with Gasteiger partial charge in [-0.2, -0.15) is 0 Å². The van der Waals surface area contributed by atoms with Gasteiger partial charge in [-0.3, -0.25) is 10.1 Å². The normalized spacial score (nSPS) is 11.9. The number of non-ortho nitro benzene ring substituents is 1. The Morgan fingerprint density at radius 1 is 1.00 bits per heavy atom. The van der Waals surface area contributed by atoms with Crippen LogP contribution in [0.3, 0.4) is 0 Å². The first-order valence-corrected chi connectivity index (χ1v) is 7.23. The van der Waals surface area contributed by atoms with E-state index < -0.39 is 16.7 Å². The maximum Gasteiger partial charge on any atom is 0.573 e. The molecule has 8 heteroatoms. The highest BCUT2D eigenvalue weighted by atomic mass is 19.4. The van der Waals surface area contributed by atoms with Crippen molar-refractivity contribution in [1.82, 2.24) is 0 Å². The van der Waals surface area contributed by atoms with Crippen LogP contribution in [0.1, 0.15) is 25.0 Å². The van der Waals surface area contributed by atoms with Crippen LogP contribution >= 0.6 is 0 Å². The smallest absolute Gasteiger partial charge is 0.496 e. The zero-order valence-electron chi connectivity index (χ0n) is 13.8. The Morgan fingerprint density at radius 2 is 1.64 bits per heavy atom. The molecule has 0 aliphatic rings. The molecule has 0 aliphatic heterocycles. The van der Waals surface area contributed by atoms with Gasteiger partial charge in [0.1, 0.15) is 11.5 Å². The molecule has 0 atom stereocenters. The molecular formula is C17H16F3NO4. The average molecular weight is 355 g/mol. The highest BCUT2D eigenvalue weighted by Crippen LogP contribution is 2.37.